The van der Waals surface area contributed by atoms with Crippen LogP contribution in [-0.2, 0) is 9.53 Å². The standard InChI is InChI=1S/C20H24N2O5S/c1-12-17(19(23)22-10-6-5-7-14(22)20(24)27-4)28-18(21-12)13-8-9-15(25-2)16(11-13)26-3/h8-9,11,14H,5-7,10H2,1-4H3/t14-/m1/s1. The van der Waals surface area contributed by atoms with Crippen LogP contribution >= 0.6 is 11.3 Å². The number of hydrogen-bond acceptors (Lipinski definition) is 7. The molecule has 8 heteroatoms. The fraction of sp³-hybridized carbons (Fsp3) is 0.450. The van der Waals surface area contributed by atoms with Crippen molar-refractivity contribution < 1.29 is 23.8 Å². The van der Waals surface area contributed by atoms with Crippen molar-refractivity contribution in [3.05, 3.63) is 28.8 Å². The van der Waals surface area contributed by atoms with Crippen LogP contribution in [0.3, 0.4) is 0 Å². The van der Waals surface area contributed by atoms with Crippen LogP contribution in [0.5, 0.6) is 11.5 Å². The third-order valence-corrected chi connectivity index (χ3v) is 6.05. The van der Waals surface area contributed by atoms with E-state index in [-0.39, 0.29) is 11.9 Å². The summed E-state index contributed by atoms with van der Waals surface area (Å²) in [6, 6.07) is 5.00. The smallest absolute Gasteiger partial charge is 0.328 e. The number of rotatable bonds is 5. The number of ether oxygens (including phenoxy) is 3. The van der Waals surface area contributed by atoms with Gasteiger partial charge in [0.05, 0.1) is 27.0 Å². The Hall–Kier alpha value is -2.61. The topological polar surface area (TPSA) is 78.0 Å². The number of benzene rings is 1. The number of piperidine rings is 1. The monoisotopic (exact) mass is 404 g/mol. The largest absolute Gasteiger partial charge is 0.493 e. The Labute approximate surface area is 168 Å². The molecule has 0 saturated carbocycles. The molecule has 1 amide bonds. The van der Waals surface area contributed by atoms with Crippen LogP contribution in [0.4, 0.5) is 0 Å². The molecule has 1 aromatic carbocycles. The normalized spacial score (nSPS) is 16.6. The van der Waals surface area contributed by atoms with Crippen molar-refractivity contribution in [2.24, 2.45) is 0 Å². The fourth-order valence-corrected chi connectivity index (χ4v) is 4.39. The van der Waals surface area contributed by atoms with Crippen molar-refractivity contribution in [2.75, 3.05) is 27.9 Å². The predicted molar refractivity (Wildman–Crippen MR) is 106 cm³/mol. The molecule has 1 aromatic heterocycles. The van der Waals surface area contributed by atoms with Crippen molar-refractivity contribution in [1.82, 2.24) is 9.88 Å². The van der Waals surface area contributed by atoms with E-state index < -0.39 is 6.04 Å². The number of carbonyl (C=O) groups is 2. The van der Waals surface area contributed by atoms with Gasteiger partial charge in [0.25, 0.3) is 5.91 Å². The van der Waals surface area contributed by atoms with Gasteiger partial charge in [0.2, 0.25) is 0 Å². The molecular formula is C20H24N2O5S. The van der Waals surface area contributed by atoms with Crippen molar-refractivity contribution >= 4 is 23.2 Å². The molecule has 1 atom stereocenters. The molecule has 0 N–H and O–H groups in total. The number of hydrogen-bond donors (Lipinski definition) is 0. The average molecular weight is 404 g/mol. The number of methoxy groups -OCH3 is 3. The van der Waals surface area contributed by atoms with Crippen molar-refractivity contribution in [3.8, 4) is 22.1 Å². The predicted octanol–water partition coefficient (Wildman–Crippen LogP) is 3.30. The van der Waals surface area contributed by atoms with Gasteiger partial charge in [0.1, 0.15) is 15.9 Å². The summed E-state index contributed by atoms with van der Waals surface area (Å²) >= 11 is 1.32. The van der Waals surface area contributed by atoms with E-state index in [2.05, 4.69) is 4.98 Å². The summed E-state index contributed by atoms with van der Waals surface area (Å²) in [7, 11) is 4.51. The molecule has 1 aliphatic heterocycles. The minimum atomic E-state index is -0.530. The molecule has 150 valence electrons. The van der Waals surface area contributed by atoms with Gasteiger partial charge >= 0.3 is 5.97 Å². The molecule has 2 heterocycles. The lowest BCUT2D eigenvalue weighted by atomic mass is 10.0. The molecule has 2 aromatic rings. The Morgan fingerprint density at radius 1 is 1.14 bits per heavy atom. The first-order valence-corrected chi connectivity index (χ1v) is 9.90. The molecule has 0 aliphatic carbocycles. The fourth-order valence-electron chi connectivity index (χ4n) is 3.37. The quantitative estimate of drug-likeness (QED) is 0.712. The van der Waals surface area contributed by atoms with Gasteiger partial charge in [-0.25, -0.2) is 9.78 Å². The Bertz CT molecular complexity index is 879. The highest BCUT2D eigenvalue weighted by Crippen LogP contribution is 2.35. The summed E-state index contributed by atoms with van der Waals surface area (Å²) in [4.78, 5) is 32.0. The molecular weight excluding hydrogens is 380 g/mol. The maximum atomic E-state index is 13.2. The molecule has 1 fully saturated rings. The highest BCUT2D eigenvalue weighted by molar-refractivity contribution is 7.17. The number of aromatic nitrogens is 1. The van der Waals surface area contributed by atoms with E-state index in [0.29, 0.717) is 40.0 Å². The van der Waals surface area contributed by atoms with E-state index in [4.69, 9.17) is 14.2 Å². The second-order valence-corrected chi connectivity index (χ2v) is 7.54. The molecule has 3 rings (SSSR count). The second-order valence-electron chi connectivity index (χ2n) is 6.54. The van der Waals surface area contributed by atoms with Gasteiger partial charge in [-0.1, -0.05) is 0 Å². The average Bonchev–Trinajstić information content (AvgIpc) is 3.13. The van der Waals surface area contributed by atoms with Crippen LogP contribution in [0.25, 0.3) is 10.6 Å². The minimum absolute atomic E-state index is 0.170. The van der Waals surface area contributed by atoms with E-state index in [1.165, 1.54) is 18.4 Å². The SMILES string of the molecule is COC(=O)[C@H]1CCCCN1C(=O)c1sc(-c2ccc(OC)c(OC)c2)nc1C. The molecule has 0 radical (unpaired) electrons. The van der Waals surface area contributed by atoms with Gasteiger partial charge in [-0.2, -0.15) is 0 Å². The Kier molecular flexibility index (Phi) is 6.18. The number of likely N-dealkylation sites (tertiary alicyclic amines) is 1. The maximum absolute atomic E-state index is 13.2. The zero-order valence-electron chi connectivity index (χ0n) is 16.5. The molecule has 7 nitrogen and oxygen atoms in total. The Balaban J connectivity index is 1.91. The Morgan fingerprint density at radius 2 is 1.89 bits per heavy atom. The van der Waals surface area contributed by atoms with Gasteiger partial charge < -0.3 is 19.1 Å². The second kappa shape index (κ2) is 8.60. The van der Waals surface area contributed by atoms with E-state index in [9.17, 15) is 9.59 Å². The van der Waals surface area contributed by atoms with Crippen LogP contribution in [-0.4, -0.2) is 55.7 Å². The van der Waals surface area contributed by atoms with Crippen LogP contribution < -0.4 is 9.47 Å². The molecule has 1 saturated heterocycles. The number of esters is 1. The van der Waals surface area contributed by atoms with Crippen LogP contribution in [0.15, 0.2) is 18.2 Å². The zero-order valence-corrected chi connectivity index (χ0v) is 17.3. The first-order valence-electron chi connectivity index (χ1n) is 9.08. The number of carbonyl (C=O) groups excluding carboxylic acids is 2. The van der Waals surface area contributed by atoms with Crippen molar-refractivity contribution in [3.63, 3.8) is 0 Å². The first kappa shape index (κ1) is 20.1. The molecule has 0 bridgehead atoms. The highest BCUT2D eigenvalue weighted by Gasteiger charge is 2.35. The molecule has 0 spiro atoms. The van der Waals surface area contributed by atoms with Gasteiger partial charge in [0, 0.05) is 12.1 Å². The maximum Gasteiger partial charge on any atom is 0.328 e. The van der Waals surface area contributed by atoms with Crippen LogP contribution in [0.1, 0.15) is 34.6 Å². The zero-order chi connectivity index (χ0) is 20.3. The number of aryl methyl sites for hydroxylation is 1. The molecule has 1 aliphatic rings. The third-order valence-electron chi connectivity index (χ3n) is 4.86. The van der Waals surface area contributed by atoms with Gasteiger partial charge in [-0.3, -0.25) is 4.79 Å². The van der Waals surface area contributed by atoms with E-state index in [0.717, 1.165) is 18.4 Å². The van der Waals surface area contributed by atoms with Gasteiger partial charge in [0.15, 0.2) is 11.5 Å². The van der Waals surface area contributed by atoms with Gasteiger partial charge in [-0.15, -0.1) is 11.3 Å². The van der Waals surface area contributed by atoms with E-state index >= 15 is 0 Å². The third kappa shape index (κ3) is 3.82. The van der Waals surface area contributed by atoms with Crippen LogP contribution in [0, 0.1) is 6.92 Å². The first-order chi connectivity index (χ1) is 13.5. The van der Waals surface area contributed by atoms with Gasteiger partial charge in [-0.05, 0) is 44.4 Å². The summed E-state index contributed by atoms with van der Waals surface area (Å²) in [5.74, 6) is 0.694. The van der Waals surface area contributed by atoms with E-state index in [1.54, 1.807) is 19.1 Å². The lowest BCUT2D eigenvalue weighted by Crippen LogP contribution is -2.48. The van der Waals surface area contributed by atoms with E-state index in [1.807, 2.05) is 25.1 Å². The summed E-state index contributed by atoms with van der Waals surface area (Å²) in [5, 5.41) is 0.716. The summed E-state index contributed by atoms with van der Waals surface area (Å²) in [6.07, 6.45) is 2.40. The number of amides is 1. The lowest BCUT2D eigenvalue weighted by Gasteiger charge is -2.33. The van der Waals surface area contributed by atoms with Crippen molar-refractivity contribution in [2.45, 2.75) is 32.2 Å². The summed E-state index contributed by atoms with van der Waals surface area (Å²) in [6.45, 7) is 2.35. The van der Waals surface area contributed by atoms with Crippen LogP contribution in [0.2, 0.25) is 0 Å². The highest BCUT2D eigenvalue weighted by atomic mass is 32.1. The number of thiazole rings is 1. The minimum Gasteiger partial charge on any atom is -0.493 e. The molecule has 0 unspecified atom stereocenters. The lowest BCUT2D eigenvalue weighted by molar-refractivity contribution is -0.147. The summed E-state index contributed by atoms with van der Waals surface area (Å²) < 4.78 is 15.5. The Morgan fingerprint density at radius 3 is 2.57 bits per heavy atom. The number of nitrogens with zero attached hydrogens (tertiary/aromatic N) is 2. The molecule has 28 heavy (non-hydrogen) atoms. The summed E-state index contributed by atoms with van der Waals surface area (Å²) in [5.41, 5.74) is 1.49. The van der Waals surface area contributed by atoms with Crippen molar-refractivity contribution in [1.29, 1.82) is 0 Å².